The largest absolute Gasteiger partial charge is 0.363 e. The fourth-order valence-electron chi connectivity index (χ4n) is 3.31. The van der Waals surface area contributed by atoms with Gasteiger partial charge in [-0.05, 0) is 50.8 Å². The highest BCUT2D eigenvalue weighted by Crippen LogP contribution is 2.22. The molecule has 1 heterocycles. The predicted molar refractivity (Wildman–Crippen MR) is 105 cm³/mol. The molecule has 2 aromatic rings. The molecule has 2 N–H and O–H groups in total. The molecule has 1 aliphatic carbocycles. The van der Waals surface area contributed by atoms with E-state index in [9.17, 15) is 9.18 Å². The van der Waals surface area contributed by atoms with Gasteiger partial charge in [0.2, 0.25) is 5.95 Å². The fraction of sp³-hybridized carbons (Fsp3) is 0.450. The minimum absolute atomic E-state index is 0.106. The van der Waals surface area contributed by atoms with Crippen LogP contribution in [0, 0.1) is 12.7 Å². The number of nitrogens with zero attached hydrogens (tertiary/aromatic N) is 3. The molecule has 27 heavy (non-hydrogen) atoms. The maximum absolute atomic E-state index is 13.3. The summed E-state index contributed by atoms with van der Waals surface area (Å²) in [5.74, 6) is 0.904. The van der Waals surface area contributed by atoms with Gasteiger partial charge in [-0.1, -0.05) is 6.07 Å². The third-order valence-corrected chi connectivity index (χ3v) is 4.78. The second-order valence-electron chi connectivity index (χ2n) is 7.26. The summed E-state index contributed by atoms with van der Waals surface area (Å²) in [5.41, 5.74) is 1.28. The van der Waals surface area contributed by atoms with Crippen LogP contribution in [0.1, 0.15) is 41.7 Å². The van der Waals surface area contributed by atoms with E-state index >= 15 is 0 Å². The van der Waals surface area contributed by atoms with Crippen LogP contribution >= 0.6 is 0 Å². The van der Waals surface area contributed by atoms with Gasteiger partial charge >= 0.3 is 0 Å². The fourth-order valence-corrected chi connectivity index (χ4v) is 3.31. The zero-order valence-electron chi connectivity index (χ0n) is 16.0. The topological polar surface area (TPSA) is 70.2 Å². The standard InChI is InChI=1S/C20H26FN5O/c1-13-11-18(26(2)3)25-20(22-13)24-17-9-7-16(8-10-17)23-19(27)14-5-4-6-15(21)12-14/h4-6,11-12,16-17H,7-10H2,1-3H3,(H,23,27)(H,22,24,25)/t16-,17+. The number of nitrogens with one attached hydrogen (secondary N) is 2. The van der Waals surface area contributed by atoms with E-state index in [0.29, 0.717) is 11.5 Å². The van der Waals surface area contributed by atoms with E-state index in [1.54, 1.807) is 12.1 Å². The number of aryl methyl sites for hydroxylation is 1. The first kappa shape index (κ1) is 19.1. The van der Waals surface area contributed by atoms with Gasteiger partial charge in [0.25, 0.3) is 5.91 Å². The monoisotopic (exact) mass is 371 g/mol. The molecule has 7 heteroatoms. The Balaban J connectivity index is 1.53. The van der Waals surface area contributed by atoms with Gasteiger partial charge < -0.3 is 15.5 Å². The number of hydrogen-bond acceptors (Lipinski definition) is 5. The highest BCUT2D eigenvalue weighted by Gasteiger charge is 2.23. The smallest absolute Gasteiger partial charge is 0.251 e. The molecule has 1 amide bonds. The Bertz CT molecular complexity index is 803. The molecule has 1 saturated carbocycles. The molecule has 144 valence electrons. The first-order valence-electron chi connectivity index (χ1n) is 9.26. The number of hydrogen-bond donors (Lipinski definition) is 2. The first-order chi connectivity index (χ1) is 12.9. The average Bonchev–Trinajstić information content (AvgIpc) is 2.63. The second-order valence-corrected chi connectivity index (χ2v) is 7.26. The maximum atomic E-state index is 13.3. The third-order valence-electron chi connectivity index (χ3n) is 4.78. The van der Waals surface area contributed by atoms with Crippen molar-refractivity contribution in [3.05, 3.63) is 47.4 Å². The van der Waals surface area contributed by atoms with Crippen molar-refractivity contribution in [2.45, 2.75) is 44.7 Å². The van der Waals surface area contributed by atoms with Gasteiger partial charge in [0.15, 0.2) is 0 Å². The summed E-state index contributed by atoms with van der Waals surface area (Å²) in [6.07, 6.45) is 3.57. The van der Waals surface area contributed by atoms with Crippen LogP contribution in [-0.4, -0.2) is 42.1 Å². The highest BCUT2D eigenvalue weighted by molar-refractivity contribution is 5.94. The molecular weight excluding hydrogens is 345 g/mol. The molecule has 0 unspecified atom stereocenters. The third kappa shape index (κ3) is 5.15. The van der Waals surface area contributed by atoms with Crippen LogP contribution in [0.25, 0.3) is 0 Å². The molecule has 6 nitrogen and oxygen atoms in total. The summed E-state index contributed by atoms with van der Waals surface area (Å²) in [6.45, 7) is 1.96. The quantitative estimate of drug-likeness (QED) is 0.845. The van der Waals surface area contributed by atoms with Gasteiger partial charge in [0, 0.05) is 43.5 Å². The van der Waals surface area contributed by atoms with Gasteiger partial charge in [-0.25, -0.2) is 9.37 Å². The molecule has 0 saturated heterocycles. The van der Waals surface area contributed by atoms with Crippen LogP contribution in [-0.2, 0) is 0 Å². The lowest BCUT2D eigenvalue weighted by molar-refractivity contribution is 0.0926. The normalized spacial score (nSPS) is 19.4. The molecule has 1 aromatic carbocycles. The van der Waals surface area contributed by atoms with Gasteiger partial charge in [-0.2, -0.15) is 4.98 Å². The van der Waals surface area contributed by atoms with Crippen molar-refractivity contribution in [3.63, 3.8) is 0 Å². The SMILES string of the molecule is Cc1cc(N(C)C)nc(N[C@H]2CC[C@@H](NC(=O)c3cccc(F)c3)CC2)n1. The average molecular weight is 371 g/mol. The first-order valence-corrected chi connectivity index (χ1v) is 9.26. The highest BCUT2D eigenvalue weighted by atomic mass is 19.1. The Labute approximate surface area is 159 Å². The summed E-state index contributed by atoms with van der Waals surface area (Å²) in [5, 5.41) is 6.43. The summed E-state index contributed by atoms with van der Waals surface area (Å²) in [4.78, 5) is 23.2. The number of anilines is 2. The van der Waals surface area contributed by atoms with E-state index in [0.717, 1.165) is 37.2 Å². The number of carbonyl (C=O) groups is 1. The van der Waals surface area contributed by atoms with Crippen molar-refractivity contribution in [1.82, 2.24) is 15.3 Å². The lowest BCUT2D eigenvalue weighted by atomic mass is 9.91. The molecular formula is C20H26FN5O. The van der Waals surface area contributed by atoms with Crippen LogP contribution in [0.15, 0.2) is 30.3 Å². The minimum atomic E-state index is -0.397. The van der Waals surface area contributed by atoms with Crippen LogP contribution in [0.4, 0.5) is 16.2 Å². The van der Waals surface area contributed by atoms with Crippen molar-refractivity contribution in [2.24, 2.45) is 0 Å². The summed E-state index contributed by atoms with van der Waals surface area (Å²) >= 11 is 0. The lowest BCUT2D eigenvalue weighted by Crippen LogP contribution is -2.40. The Morgan fingerprint density at radius 1 is 1.11 bits per heavy atom. The molecule has 0 radical (unpaired) electrons. The molecule has 0 bridgehead atoms. The molecule has 1 fully saturated rings. The molecule has 0 spiro atoms. The summed E-state index contributed by atoms with van der Waals surface area (Å²) in [7, 11) is 3.91. The Morgan fingerprint density at radius 2 is 1.81 bits per heavy atom. The Kier molecular flexibility index (Phi) is 5.88. The number of benzene rings is 1. The van der Waals surface area contributed by atoms with Crippen molar-refractivity contribution < 1.29 is 9.18 Å². The maximum Gasteiger partial charge on any atom is 0.251 e. The van der Waals surface area contributed by atoms with Crippen LogP contribution in [0.2, 0.25) is 0 Å². The lowest BCUT2D eigenvalue weighted by Gasteiger charge is -2.30. The Hall–Kier alpha value is -2.70. The summed E-state index contributed by atoms with van der Waals surface area (Å²) in [6, 6.07) is 8.11. The van der Waals surface area contributed by atoms with Crippen molar-refractivity contribution >= 4 is 17.7 Å². The molecule has 0 aliphatic heterocycles. The second kappa shape index (κ2) is 8.33. The molecule has 1 aliphatic rings. The Morgan fingerprint density at radius 3 is 2.48 bits per heavy atom. The van der Waals surface area contributed by atoms with Gasteiger partial charge in [-0.3, -0.25) is 4.79 Å². The zero-order valence-corrected chi connectivity index (χ0v) is 16.0. The van der Waals surface area contributed by atoms with E-state index in [-0.39, 0.29) is 18.0 Å². The van der Waals surface area contributed by atoms with E-state index in [4.69, 9.17) is 0 Å². The van der Waals surface area contributed by atoms with Crippen molar-refractivity contribution in [2.75, 3.05) is 24.3 Å². The van der Waals surface area contributed by atoms with Crippen LogP contribution in [0.3, 0.4) is 0 Å². The van der Waals surface area contributed by atoms with E-state index in [1.165, 1.54) is 12.1 Å². The molecule has 0 atom stereocenters. The zero-order chi connectivity index (χ0) is 19.4. The van der Waals surface area contributed by atoms with Gasteiger partial charge in [0.05, 0.1) is 0 Å². The van der Waals surface area contributed by atoms with Crippen LogP contribution < -0.4 is 15.5 Å². The van der Waals surface area contributed by atoms with E-state index < -0.39 is 5.82 Å². The van der Waals surface area contributed by atoms with Crippen LogP contribution in [0.5, 0.6) is 0 Å². The molecule has 3 rings (SSSR count). The number of amides is 1. The minimum Gasteiger partial charge on any atom is -0.363 e. The number of aromatic nitrogens is 2. The van der Waals surface area contributed by atoms with Crippen molar-refractivity contribution in [1.29, 1.82) is 0 Å². The number of rotatable bonds is 5. The van der Waals surface area contributed by atoms with E-state index in [2.05, 4.69) is 20.6 Å². The van der Waals surface area contributed by atoms with E-state index in [1.807, 2.05) is 32.0 Å². The predicted octanol–water partition coefficient (Wildman–Crippen LogP) is 3.14. The van der Waals surface area contributed by atoms with Gasteiger partial charge in [-0.15, -0.1) is 0 Å². The number of carbonyl (C=O) groups excluding carboxylic acids is 1. The van der Waals surface area contributed by atoms with Crippen molar-refractivity contribution in [3.8, 4) is 0 Å². The van der Waals surface area contributed by atoms with Gasteiger partial charge in [0.1, 0.15) is 11.6 Å². The molecule has 1 aromatic heterocycles. The number of halogens is 1. The summed E-state index contributed by atoms with van der Waals surface area (Å²) < 4.78 is 13.3.